The molecule has 0 radical (unpaired) electrons. The third-order valence-electron chi connectivity index (χ3n) is 1.10. The Hall–Kier alpha value is -0.610. The van der Waals surface area contributed by atoms with Gasteiger partial charge in [0.05, 0.1) is 12.6 Å². The van der Waals surface area contributed by atoms with Gasteiger partial charge >= 0.3 is 0 Å². The fourth-order valence-corrected chi connectivity index (χ4v) is 0.654. The Balaban J connectivity index is 3.17. The van der Waals surface area contributed by atoms with Crippen LogP contribution in [-0.2, 0) is 4.79 Å². The molecule has 0 fully saturated rings. The van der Waals surface area contributed by atoms with Crippen molar-refractivity contribution in [1.29, 1.82) is 0 Å². The Kier molecular flexibility index (Phi) is 5.78. The van der Waals surface area contributed by atoms with Crippen LogP contribution in [0.4, 0.5) is 0 Å². The van der Waals surface area contributed by atoms with Crippen molar-refractivity contribution in [2.75, 3.05) is 19.6 Å². The van der Waals surface area contributed by atoms with Crippen LogP contribution in [0.25, 0.3) is 0 Å². The van der Waals surface area contributed by atoms with E-state index in [1.807, 2.05) is 6.92 Å². The SMILES string of the molecule is CCNC(=O)CNC[C@H](C)O. The van der Waals surface area contributed by atoms with Gasteiger partial charge in [-0.3, -0.25) is 4.79 Å². The quantitative estimate of drug-likeness (QED) is 0.488. The summed E-state index contributed by atoms with van der Waals surface area (Å²) in [4.78, 5) is 10.8. The first-order chi connectivity index (χ1) is 5.16. The van der Waals surface area contributed by atoms with Gasteiger partial charge in [0.15, 0.2) is 0 Å². The van der Waals surface area contributed by atoms with Crippen LogP contribution in [0, 0.1) is 0 Å². The van der Waals surface area contributed by atoms with E-state index >= 15 is 0 Å². The van der Waals surface area contributed by atoms with E-state index in [1.54, 1.807) is 6.92 Å². The summed E-state index contributed by atoms with van der Waals surface area (Å²) in [5.41, 5.74) is 0. The smallest absolute Gasteiger partial charge is 0.233 e. The molecule has 0 unspecified atom stereocenters. The molecule has 66 valence electrons. The lowest BCUT2D eigenvalue weighted by Crippen LogP contribution is -2.36. The molecule has 0 saturated carbocycles. The molecule has 0 aliphatic rings. The van der Waals surface area contributed by atoms with E-state index in [0.29, 0.717) is 13.1 Å². The number of carbonyl (C=O) groups is 1. The molecule has 0 spiro atoms. The van der Waals surface area contributed by atoms with Crippen LogP contribution < -0.4 is 10.6 Å². The molecule has 0 rings (SSSR count). The van der Waals surface area contributed by atoms with Gasteiger partial charge in [-0.05, 0) is 13.8 Å². The average Bonchev–Trinajstić information content (AvgIpc) is 1.87. The lowest BCUT2D eigenvalue weighted by Gasteiger charge is -2.05. The molecule has 0 saturated heterocycles. The van der Waals surface area contributed by atoms with Crippen molar-refractivity contribution >= 4 is 5.91 Å². The number of likely N-dealkylation sites (N-methyl/N-ethyl adjacent to an activating group) is 1. The summed E-state index contributed by atoms with van der Waals surface area (Å²) in [6, 6.07) is 0. The van der Waals surface area contributed by atoms with E-state index in [4.69, 9.17) is 5.11 Å². The summed E-state index contributed by atoms with van der Waals surface area (Å²) in [7, 11) is 0. The van der Waals surface area contributed by atoms with Crippen LogP contribution in [-0.4, -0.2) is 36.8 Å². The Labute approximate surface area is 67.0 Å². The highest BCUT2D eigenvalue weighted by atomic mass is 16.3. The molecule has 0 aromatic rings. The van der Waals surface area contributed by atoms with Crippen LogP contribution in [0.1, 0.15) is 13.8 Å². The largest absolute Gasteiger partial charge is 0.392 e. The second-order valence-corrected chi connectivity index (χ2v) is 2.43. The van der Waals surface area contributed by atoms with Crippen molar-refractivity contribution in [3.8, 4) is 0 Å². The molecular formula is C7H16N2O2. The number of aliphatic hydroxyl groups excluding tert-OH is 1. The number of aliphatic hydroxyl groups is 1. The van der Waals surface area contributed by atoms with Gasteiger partial charge in [0, 0.05) is 13.1 Å². The fourth-order valence-electron chi connectivity index (χ4n) is 0.654. The number of amides is 1. The zero-order chi connectivity index (χ0) is 8.69. The summed E-state index contributed by atoms with van der Waals surface area (Å²) < 4.78 is 0. The lowest BCUT2D eigenvalue weighted by atomic mass is 10.4. The monoisotopic (exact) mass is 160 g/mol. The van der Waals surface area contributed by atoms with E-state index in [9.17, 15) is 4.79 Å². The van der Waals surface area contributed by atoms with Crippen molar-refractivity contribution < 1.29 is 9.90 Å². The molecule has 0 bridgehead atoms. The molecule has 3 N–H and O–H groups in total. The number of rotatable bonds is 5. The van der Waals surface area contributed by atoms with E-state index in [-0.39, 0.29) is 12.5 Å². The van der Waals surface area contributed by atoms with Gasteiger partial charge in [0.2, 0.25) is 5.91 Å². The Morgan fingerprint density at radius 1 is 1.64 bits per heavy atom. The van der Waals surface area contributed by atoms with Gasteiger partial charge in [-0.25, -0.2) is 0 Å². The molecule has 4 nitrogen and oxygen atoms in total. The van der Waals surface area contributed by atoms with Gasteiger partial charge in [0.25, 0.3) is 0 Å². The maximum absolute atomic E-state index is 10.8. The third-order valence-corrected chi connectivity index (χ3v) is 1.10. The third kappa shape index (κ3) is 7.29. The standard InChI is InChI=1S/C7H16N2O2/c1-3-9-7(11)5-8-4-6(2)10/h6,8,10H,3-5H2,1-2H3,(H,9,11)/t6-/m0/s1. The van der Waals surface area contributed by atoms with Crippen molar-refractivity contribution in [2.24, 2.45) is 0 Å². The minimum absolute atomic E-state index is 0.0341. The van der Waals surface area contributed by atoms with Crippen molar-refractivity contribution in [2.45, 2.75) is 20.0 Å². The predicted octanol–water partition coefficient (Wildman–Crippen LogP) is -0.907. The van der Waals surface area contributed by atoms with E-state index in [2.05, 4.69) is 10.6 Å². The first-order valence-electron chi connectivity index (χ1n) is 3.82. The van der Waals surface area contributed by atoms with Crippen LogP contribution in [0.3, 0.4) is 0 Å². The molecule has 0 aromatic heterocycles. The number of hydrogen-bond donors (Lipinski definition) is 3. The minimum atomic E-state index is -0.399. The summed E-state index contributed by atoms with van der Waals surface area (Å²) in [6.45, 7) is 4.92. The zero-order valence-corrected chi connectivity index (χ0v) is 7.05. The Morgan fingerprint density at radius 3 is 2.73 bits per heavy atom. The summed E-state index contributed by atoms with van der Waals surface area (Å²) in [6.07, 6.45) is -0.399. The van der Waals surface area contributed by atoms with Gasteiger partial charge in [-0.1, -0.05) is 0 Å². The van der Waals surface area contributed by atoms with E-state index in [0.717, 1.165) is 0 Å². The second-order valence-electron chi connectivity index (χ2n) is 2.43. The molecule has 1 amide bonds. The maximum atomic E-state index is 10.8. The molecule has 1 atom stereocenters. The number of nitrogens with one attached hydrogen (secondary N) is 2. The molecular weight excluding hydrogens is 144 g/mol. The Bertz CT molecular complexity index is 115. The second kappa shape index (κ2) is 6.12. The number of hydrogen-bond acceptors (Lipinski definition) is 3. The predicted molar refractivity (Wildman–Crippen MR) is 43.2 cm³/mol. The minimum Gasteiger partial charge on any atom is -0.392 e. The van der Waals surface area contributed by atoms with Gasteiger partial charge in [-0.15, -0.1) is 0 Å². The zero-order valence-electron chi connectivity index (χ0n) is 7.05. The Morgan fingerprint density at radius 2 is 2.27 bits per heavy atom. The van der Waals surface area contributed by atoms with Crippen molar-refractivity contribution in [1.82, 2.24) is 10.6 Å². The summed E-state index contributed by atoms with van der Waals surface area (Å²) in [5, 5.41) is 14.2. The van der Waals surface area contributed by atoms with Gasteiger partial charge in [0.1, 0.15) is 0 Å². The first kappa shape index (κ1) is 10.4. The highest BCUT2D eigenvalue weighted by Gasteiger charge is 1.98. The van der Waals surface area contributed by atoms with Gasteiger partial charge < -0.3 is 15.7 Å². The molecule has 0 aromatic carbocycles. The lowest BCUT2D eigenvalue weighted by molar-refractivity contribution is -0.120. The molecule has 0 heterocycles. The summed E-state index contributed by atoms with van der Waals surface area (Å²) in [5.74, 6) is -0.0341. The van der Waals surface area contributed by atoms with Crippen molar-refractivity contribution in [3.63, 3.8) is 0 Å². The molecule has 0 aliphatic carbocycles. The van der Waals surface area contributed by atoms with Crippen molar-refractivity contribution in [3.05, 3.63) is 0 Å². The topological polar surface area (TPSA) is 61.4 Å². The fraction of sp³-hybridized carbons (Fsp3) is 0.857. The molecule has 4 heteroatoms. The average molecular weight is 160 g/mol. The van der Waals surface area contributed by atoms with Crippen LogP contribution in [0.5, 0.6) is 0 Å². The first-order valence-corrected chi connectivity index (χ1v) is 3.82. The number of carbonyl (C=O) groups excluding carboxylic acids is 1. The molecule has 11 heavy (non-hydrogen) atoms. The van der Waals surface area contributed by atoms with Crippen LogP contribution in [0.2, 0.25) is 0 Å². The highest BCUT2D eigenvalue weighted by Crippen LogP contribution is 1.73. The van der Waals surface area contributed by atoms with E-state index in [1.165, 1.54) is 0 Å². The molecule has 0 aliphatic heterocycles. The normalized spacial score (nSPS) is 12.6. The summed E-state index contributed by atoms with van der Waals surface area (Å²) >= 11 is 0. The van der Waals surface area contributed by atoms with Crippen LogP contribution >= 0.6 is 0 Å². The van der Waals surface area contributed by atoms with Gasteiger partial charge in [-0.2, -0.15) is 0 Å². The highest BCUT2D eigenvalue weighted by molar-refractivity contribution is 5.77. The van der Waals surface area contributed by atoms with E-state index < -0.39 is 6.10 Å². The van der Waals surface area contributed by atoms with Crippen LogP contribution in [0.15, 0.2) is 0 Å². The maximum Gasteiger partial charge on any atom is 0.233 e.